The molecule has 0 bridgehead atoms. The molecule has 1 unspecified atom stereocenters. The molecule has 2 aliphatic rings. The topological polar surface area (TPSA) is 95.5 Å². The smallest absolute Gasteiger partial charge is 0.315 e. The summed E-state index contributed by atoms with van der Waals surface area (Å²) in [7, 11) is -3.02. The van der Waals surface area contributed by atoms with E-state index in [0.717, 1.165) is 11.1 Å². The molecule has 3 N–H and O–H groups in total. The predicted octanol–water partition coefficient (Wildman–Crippen LogP) is 0.131. The third-order valence-electron chi connectivity index (χ3n) is 4.06. The lowest BCUT2D eigenvalue weighted by molar-refractivity contribution is 0.142. The number of hydrogen-bond acceptors (Lipinski definition) is 4. The molecule has 1 heterocycles. The average Bonchev–Trinajstić information content (AvgIpc) is 2.90. The summed E-state index contributed by atoms with van der Waals surface area (Å²) in [6.07, 6.45) is 0.304. The second-order valence-corrected chi connectivity index (χ2v) is 7.89. The standard InChI is InChI=1S/C14H18N2O4S/c17-12-7-9-3-1-2-4-11(9)13(12)16-14(18)15-10-5-6-21(19,20)8-10/h1-4,10,12-13,17H,5-8H2,(H2,15,16,18)/t10?,12-,13+/m0/s1. The van der Waals surface area contributed by atoms with E-state index in [2.05, 4.69) is 10.6 Å². The minimum atomic E-state index is -3.02. The second-order valence-electron chi connectivity index (χ2n) is 5.67. The van der Waals surface area contributed by atoms with Crippen LogP contribution in [0.15, 0.2) is 24.3 Å². The number of sulfone groups is 1. The number of hydrogen-bond donors (Lipinski definition) is 3. The van der Waals surface area contributed by atoms with E-state index in [9.17, 15) is 18.3 Å². The van der Waals surface area contributed by atoms with Crippen molar-refractivity contribution in [3.05, 3.63) is 35.4 Å². The van der Waals surface area contributed by atoms with Crippen molar-refractivity contribution in [1.29, 1.82) is 0 Å². The van der Waals surface area contributed by atoms with Gasteiger partial charge in [-0.15, -0.1) is 0 Å². The lowest BCUT2D eigenvalue weighted by Crippen LogP contribution is -2.45. The number of carbonyl (C=O) groups is 1. The van der Waals surface area contributed by atoms with Gasteiger partial charge in [0.1, 0.15) is 0 Å². The lowest BCUT2D eigenvalue weighted by atomic mass is 10.1. The first-order valence-electron chi connectivity index (χ1n) is 6.98. The highest BCUT2D eigenvalue weighted by Gasteiger charge is 2.33. The fourth-order valence-electron chi connectivity index (χ4n) is 3.03. The third kappa shape index (κ3) is 3.03. The first-order chi connectivity index (χ1) is 9.94. The molecule has 0 spiro atoms. The van der Waals surface area contributed by atoms with Gasteiger partial charge >= 0.3 is 6.03 Å². The van der Waals surface area contributed by atoms with Crippen LogP contribution in [-0.2, 0) is 16.3 Å². The molecule has 1 saturated heterocycles. The minimum absolute atomic E-state index is 0.00970. The second kappa shape index (κ2) is 5.31. The Hall–Kier alpha value is -1.60. The molecule has 1 aromatic rings. The van der Waals surface area contributed by atoms with Crippen LogP contribution in [-0.4, -0.2) is 43.2 Å². The first kappa shape index (κ1) is 14.3. The van der Waals surface area contributed by atoms with Crippen LogP contribution in [0.1, 0.15) is 23.6 Å². The van der Waals surface area contributed by atoms with Crippen LogP contribution in [0.3, 0.4) is 0 Å². The molecule has 1 aliphatic carbocycles. The van der Waals surface area contributed by atoms with Gasteiger partial charge in [-0.1, -0.05) is 24.3 Å². The van der Waals surface area contributed by atoms with E-state index in [1.807, 2.05) is 24.3 Å². The average molecular weight is 310 g/mol. The van der Waals surface area contributed by atoms with Crippen molar-refractivity contribution in [3.8, 4) is 0 Å². The summed E-state index contributed by atoms with van der Waals surface area (Å²) < 4.78 is 22.7. The van der Waals surface area contributed by atoms with Gasteiger partial charge in [0.15, 0.2) is 9.84 Å². The van der Waals surface area contributed by atoms with Crippen LogP contribution >= 0.6 is 0 Å². The molecule has 1 fully saturated rings. The number of rotatable bonds is 2. The minimum Gasteiger partial charge on any atom is -0.390 e. The van der Waals surface area contributed by atoms with Gasteiger partial charge in [-0.25, -0.2) is 13.2 Å². The van der Waals surface area contributed by atoms with Gasteiger partial charge in [-0.3, -0.25) is 0 Å². The molecule has 0 radical (unpaired) electrons. The van der Waals surface area contributed by atoms with Crippen LogP contribution in [0.25, 0.3) is 0 Å². The molecule has 1 aromatic carbocycles. The van der Waals surface area contributed by atoms with Crippen molar-refractivity contribution in [2.75, 3.05) is 11.5 Å². The molecule has 0 saturated carbocycles. The third-order valence-corrected chi connectivity index (χ3v) is 5.83. The van der Waals surface area contributed by atoms with Crippen LogP contribution in [0.4, 0.5) is 4.79 Å². The number of nitrogens with one attached hydrogen (secondary N) is 2. The molecule has 2 amide bonds. The number of fused-ring (bicyclic) bond motifs is 1. The summed E-state index contributed by atoms with van der Waals surface area (Å²) >= 11 is 0. The maximum Gasteiger partial charge on any atom is 0.315 e. The van der Waals surface area contributed by atoms with Gasteiger partial charge in [0.2, 0.25) is 0 Å². The summed E-state index contributed by atoms with van der Waals surface area (Å²) in [5.74, 6) is 0.108. The van der Waals surface area contributed by atoms with Gasteiger partial charge < -0.3 is 15.7 Å². The summed E-state index contributed by atoms with van der Waals surface area (Å²) in [4.78, 5) is 12.0. The Kier molecular flexibility index (Phi) is 3.62. The van der Waals surface area contributed by atoms with Gasteiger partial charge in [0.25, 0.3) is 0 Å². The highest BCUT2D eigenvalue weighted by Crippen LogP contribution is 2.31. The molecule has 7 heteroatoms. The zero-order valence-electron chi connectivity index (χ0n) is 11.5. The molecule has 0 aromatic heterocycles. The zero-order valence-corrected chi connectivity index (χ0v) is 12.3. The number of amides is 2. The fourth-order valence-corrected chi connectivity index (χ4v) is 4.70. The molecular weight excluding hydrogens is 292 g/mol. The quantitative estimate of drug-likeness (QED) is 0.723. The number of benzene rings is 1. The lowest BCUT2D eigenvalue weighted by Gasteiger charge is -2.20. The van der Waals surface area contributed by atoms with Crippen LogP contribution < -0.4 is 10.6 Å². The Morgan fingerprint density at radius 2 is 2.00 bits per heavy atom. The van der Waals surface area contributed by atoms with E-state index in [4.69, 9.17) is 0 Å². The normalized spacial score (nSPS) is 29.9. The van der Waals surface area contributed by atoms with Crippen molar-refractivity contribution < 1.29 is 18.3 Å². The molecule has 1 aliphatic heterocycles. The Labute approximate surface area is 123 Å². The van der Waals surface area contributed by atoms with E-state index in [0.29, 0.717) is 12.8 Å². The van der Waals surface area contributed by atoms with E-state index >= 15 is 0 Å². The Morgan fingerprint density at radius 3 is 2.71 bits per heavy atom. The van der Waals surface area contributed by atoms with Crippen molar-refractivity contribution in [2.45, 2.75) is 31.0 Å². The van der Waals surface area contributed by atoms with E-state index in [1.165, 1.54) is 0 Å². The SMILES string of the molecule is O=C(NC1CCS(=O)(=O)C1)N[C@@H]1c2ccccc2C[C@@H]1O. The summed E-state index contributed by atoms with van der Waals surface area (Å²) in [6.45, 7) is 0. The van der Waals surface area contributed by atoms with Crippen molar-refractivity contribution >= 4 is 15.9 Å². The zero-order chi connectivity index (χ0) is 15.0. The van der Waals surface area contributed by atoms with E-state index in [-0.39, 0.29) is 17.5 Å². The molecule has 21 heavy (non-hydrogen) atoms. The number of urea groups is 1. The molecule has 114 valence electrons. The highest BCUT2D eigenvalue weighted by atomic mass is 32.2. The number of aliphatic hydroxyl groups is 1. The molecule has 3 rings (SSSR count). The first-order valence-corrected chi connectivity index (χ1v) is 8.80. The Bertz CT molecular complexity index is 659. The fraction of sp³-hybridized carbons (Fsp3) is 0.500. The van der Waals surface area contributed by atoms with Crippen LogP contribution in [0.2, 0.25) is 0 Å². The van der Waals surface area contributed by atoms with Gasteiger partial charge in [0, 0.05) is 12.5 Å². The van der Waals surface area contributed by atoms with E-state index in [1.54, 1.807) is 0 Å². The summed E-state index contributed by atoms with van der Waals surface area (Å²) in [5.41, 5.74) is 1.94. The van der Waals surface area contributed by atoms with Gasteiger partial charge in [0.05, 0.1) is 23.7 Å². The maximum atomic E-state index is 12.0. The summed E-state index contributed by atoms with van der Waals surface area (Å²) in [5, 5.41) is 15.5. The van der Waals surface area contributed by atoms with E-state index < -0.39 is 28.0 Å². The van der Waals surface area contributed by atoms with Crippen LogP contribution in [0, 0.1) is 0 Å². The van der Waals surface area contributed by atoms with Crippen LogP contribution in [0.5, 0.6) is 0 Å². The summed E-state index contributed by atoms with van der Waals surface area (Å²) in [6, 6.07) is 6.36. The Balaban J connectivity index is 1.63. The number of carbonyl (C=O) groups excluding carboxylic acids is 1. The van der Waals surface area contributed by atoms with Crippen molar-refractivity contribution in [2.24, 2.45) is 0 Å². The maximum absolute atomic E-state index is 12.0. The van der Waals surface area contributed by atoms with Crippen molar-refractivity contribution in [3.63, 3.8) is 0 Å². The molecule has 3 atom stereocenters. The largest absolute Gasteiger partial charge is 0.390 e. The molecule has 6 nitrogen and oxygen atoms in total. The predicted molar refractivity (Wildman–Crippen MR) is 77.6 cm³/mol. The molecular formula is C14H18N2O4S. The Morgan fingerprint density at radius 1 is 1.24 bits per heavy atom. The van der Waals surface area contributed by atoms with Gasteiger partial charge in [-0.2, -0.15) is 0 Å². The van der Waals surface area contributed by atoms with Crippen molar-refractivity contribution in [1.82, 2.24) is 10.6 Å². The highest BCUT2D eigenvalue weighted by molar-refractivity contribution is 7.91. The van der Waals surface area contributed by atoms with Gasteiger partial charge in [-0.05, 0) is 17.5 Å². The monoisotopic (exact) mass is 310 g/mol. The number of aliphatic hydroxyl groups excluding tert-OH is 1.